The number of rotatable bonds is 4. The van der Waals surface area contributed by atoms with Gasteiger partial charge >= 0.3 is 0 Å². The predicted octanol–water partition coefficient (Wildman–Crippen LogP) is 4.00. The van der Waals surface area contributed by atoms with Gasteiger partial charge in [0.05, 0.1) is 12.1 Å². The van der Waals surface area contributed by atoms with E-state index in [-0.39, 0.29) is 12.3 Å². The van der Waals surface area contributed by atoms with Crippen LogP contribution in [0.25, 0.3) is 10.6 Å². The molecule has 0 bridgehead atoms. The molecule has 3 aromatic rings. The molecule has 2 aromatic heterocycles. The second-order valence-electron chi connectivity index (χ2n) is 5.43. The molecule has 0 saturated carbocycles. The lowest BCUT2D eigenvalue weighted by Crippen LogP contribution is -2.15. The molecule has 2 heterocycles. The number of anilines is 1. The monoisotopic (exact) mass is 323 g/mol. The van der Waals surface area contributed by atoms with E-state index in [0.29, 0.717) is 0 Å². The first-order valence-electron chi connectivity index (χ1n) is 7.34. The maximum absolute atomic E-state index is 12.2. The average Bonchev–Trinajstić information content (AvgIpc) is 2.99. The number of amides is 1. The standard InChI is InChI=1S/C18H17N3OS/c1-12-5-6-16(13(2)8-12)21-17(22)9-15-11-23-18(20-15)14-4-3-7-19-10-14/h3-8,10-11H,9H2,1-2H3,(H,21,22). The summed E-state index contributed by atoms with van der Waals surface area (Å²) in [5.74, 6) is -0.0556. The molecule has 0 unspecified atom stereocenters. The zero-order valence-corrected chi connectivity index (χ0v) is 13.9. The first-order valence-corrected chi connectivity index (χ1v) is 8.22. The lowest BCUT2D eigenvalue weighted by Gasteiger charge is -2.08. The number of benzene rings is 1. The van der Waals surface area contributed by atoms with E-state index >= 15 is 0 Å². The minimum absolute atomic E-state index is 0.0556. The van der Waals surface area contributed by atoms with Gasteiger partial charge in [0, 0.05) is 29.0 Å². The Morgan fingerprint density at radius 1 is 1.26 bits per heavy atom. The van der Waals surface area contributed by atoms with Crippen LogP contribution in [0.3, 0.4) is 0 Å². The summed E-state index contributed by atoms with van der Waals surface area (Å²) in [4.78, 5) is 20.8. The number of nitrogens with one attached hydrogen (secondary N) is 1. The second kappa shape index (κ2) is 6.71. The van der Waals surface area contributed by atoms with Crippen molar-refractivity contribution in [2.45, 2.75) is 20.3 Å². The van der Waals surface area contributed by atoms with Crippen molar-refractivity contribution in [2.75, 3.05) is 5.32 Å². The van der Waals surface area contributed by atoms with Crippen LogP contribution < -0.4 is 5.32 Å². The molecule has 0 aliphatic rings. The van der Waals surface area contributed by atoms with Gasteiger partial charge in [0.25, 0.3) is 0 Å². The third kappa shape index (κ3) is 3.81. The van der Waals surface area contributed by atoms with Crippen LogP contribution in [0.4, 0.5) is 5.69 Å². The quantitative estimate of drug-likeness (QED) is 0.789. The largest absolute Gasteiger partial charge is 0.326 e. The van der Waals surface area contributed by atoms with Crippen LogP contribution in [0.5, 0.6) is 0 Å². The number of hydrogen-bond acceptors (Lipinski definition) is 4. The Labute approximate surface area is 139 Å². The van der Waals surface area contributed by atoms with E-state index in [4.69, 9.17) is 0 Å². The lowest BCUT2D eigenvalue weighted by atomic mass is 10.1. The van der Waals surface area contributed by atoms with Crippen LogP contribution in [0.2, 0.25) is 0 Å². The van der Waals surface area contributed by atoms with Crippen LogP contribution in [-0.2, 0) is 11.2 Å². The number of carbonyl (C=O) groups excluding carboxylic acids is 1. The molecule has 5 heteroatoms. The molecule has 0 radical (unpaired) electrons. The molecule has 0 spiro atoms. The molecule has 0 saturated heterocycles. The molecule has 1 aromatic carbocycles. The fourth-order valence-corrected chi connectivity index (χ4v) is 3.13. The van der Waals surface area contributed by atoms with Gasteiger partial charge in [-0.25, -0.2) is 4.98 Å². The van der Waals surface area contributed by atoms with Crippen LogP contribution in [0, 0.1) is 13.8 Å². The van der Waals surface area contributed by atoms with Gasteiger partial charge in [-0.15, -0.1) is 11.3 Å². The maximum atomic E-state index is 12.2. The zero-order valence-electron chi connectivity index (χ0n) is 13.0. The summed E-state index contributed by atoms with van der Waals surface area (Å²) in [5.41, 5.74) is 4.84. The van der Waals surface area contributed by atoms with Gasteiger partial charge in [-0.05, 0) is 37.6 Å². The summed E-state index contributed by atoms with van der Waals surface area (Å²) >= 11 is 1.52. The number of hydrogen-bond donors (Lipinski definition) is 1. The first kappa shape index (κ1) is 15.4. The molecule has 116 valence electrons. The molecule has 4 nitrogen and oxygen atoms in total. The predicted molar refractivity (Wildman–Crippen MR) is 93.6 cm³/mol. The molecule has 0 aliphatic carbocycles. The highest BCUT2D eigenvalue weighted by Gasteiger charge is 2.10. The van der Waals surface area contributed by atoms with Gasteiger partial charge in [-0.3, -0.25) is 9.78 Å². The first-order chi connectivity index (χ1) is 11.1. The third-order valence-corrected chi connectivity index (χ3v) is 4.40. The Hall–Kier alpha value is -2.53. The van der Waals surface area contributed by atoms with E-state index in [1.807, 2.05) is 43.5 Å². The summed E-state index contributed by atoms with van der Waals surface area (Å²) in [5, 5.41) is 5.75. The van der Waals surface area contributed by atoms with Crippen molar-refractivity contribution in [3.63, 3.8) is 0 Å². The molecule has 0 fully saturated rings. The van der Waals surface area contributed by atoms with Crippen molar-refractivity contribution in [1.82, 2.24) is 9.97 Å². The fraction of sp³-hybridized carbons (Fsp3) is 0.167. The summed E-state index contributed by atoms with van der Waals surface area (Å²) < 4.78 is 0. The van der Waals surface area contributed by atoms with Crippen molar-refractivity contribution in [3.8, 4) is 10.6 Å². The van der Waals surface area contributed by atoms with E-state index in [1.165, 1.54) is 16.9 Å². The van der Waals surface area contributed by atoms with Crippen LogP contribution in [0.15, 0.2) is 48.1 Å². The lowest BCUT2D eigenvalue weighted by molar-refractivity contribution is -0.115. The van der Waals surface area contributed by atoms with E-state index in [9.17, 15) is 4.79 Å². The SMILES string of the molecule is Cc1ccc(NC(=O)Cc2csc(-c3cccnc3)n2)c(C)c1. The summed E-state index contributed by atoms with van der Waals surface area (Å²) in [6, 6.07) is 9.82. The highest BCUT2D eigenvalue weighted by Crippen LogP contribution is 2.23. The molecule has 0 aliphatic heterocycles. The number of pyridine rings is 1. The third-order valence-electron chi connectivity index (χ3n) is 3.46. The van der Waals surface area contributed by atoms with E-state index < -0.39 is 0 Å². The minimum Gasteiger partial charge on any atom is -0.326 e. The molecule has 1 N–H and O–H groups in total. The minimum atomic E-state index is -0.0556. The topological polar surface area (TPSA) is 54.9 Å². The summed E-state index contributed by atoms with van der Waals surface area (Å²) in [6.45, 7) is 4.03. The van der Waals surface area contributed by atoms with E-state index in [0.717, 1.165) is 27.5 Å². The fourth-order valence-electron chi connectivity index (χ4n) is 2.32. The van der Waals surface area contributed by atoms with Gasteiger partial charge in [0.2, 0.25) is 5.91 Å². The Bertz CT molecular complexity index is 827. The van der Waals surface area contributed by atoms with Gasteiger partial charge in [0.1, 0.15) is 5.01 Å². The number of thiazole rings is 1. The number of carbonyl (C=O) groups is 1. The highest BCUT2D eigenvalue weighted by atomic mass is 32.1. The molecule has 0 atom stereocenters. The maximum Gasteiger partial charge on any atom is 0.230 e. The van der Waals surface area contributed by atoms with Crippen molar-refractivity contribution in [1.29, 1.82) is 0 Å². The van der Waals surface area contributed by atoms with Gasteiger partial charge < -0.3 is 5.32 Å². The van der Waals surface area contributed by atoms with Crippen LogP contribution in [-0.4, -0.2) is 15.9 Å². The normalized spacial score (nSPS) is 10.5. The summed E-state index contributed by atoms with van der Waals surface area (Å²) in [6.07, 6.45) is 3.78. The van der Waals surface area contributed by atoms with Crippen molar-refractivity contribution < 1.29 is 4.79 Å². The van der Waals surface area contributed by atoms with Crippen LogP contribution in [0.1, 0.15) is 16.8 Å². The molecular formula is C18H17N3OS. The number of aromatic nitrogens is 2. The Balaban J connectivity index is 1.68. The Morgan fingerprint density at radius 3 is 2.87 bits per heavy atom. The molecule has 1 amide bonds. The summed E-state index contributed by atoms with van der Waals surface area (Å²) in [7, 11) is 0. The Morgan fingerprint density at radius 2 is 2.13 bits per heavy atom. The van der Waals surface area contributed by atoms with Gasteiger partial charge in [0.15, 0.2) is 0 Å². The second-order valence-corrected chi connectivity index (χ2v) is 6.29. The zero-order chi connectivity index (χ0) is 16.2. The smallest absolute Gasteiger partial charge is 0.230 e. The average molecular weight is 323 g/mol. The number of nitrogens with zero attached hydrogens (tertiary/aromatic N) is 2. The highest BCUT2D eigenvalue weighted by molar-refractivity contribution is 7.13. The molecule has 3 rings (SSSR count). The van der Waals surface area contributed by atoms with Gasteiger partial charge in [-0.1, -0.05) is 17.7 Å². The van der Waals surface area contributed by atoms with Crippen LogP contribution >= 0.6 is 11.3 Å². The van der Waals surface area contributed by atoms with E-state index in [1.54, 1.807) is 12.4 Å². The van der Waals surface area contributed by atoms with Gasteiger partial charge in [-0.2, -0.15) is 0 Å². The van der Waals surface area contributed by atoms with Crippen molar-refractivity contribution in [3.05, 3.63) is 64.9 Å². The van der Waals surface area contributed by atoms with Crippen molar-refractivity contribution >= 4 is 22.9 Å². The molecule has 23 heavy (non-hydrogen) atoms. The van der Waals surface area contributed by atoms with E-state index in [2.05, 4.69) is 21.4 Å². The number of aryl methyl sites for hydroxylation is 2. The Kier molecular flexibility index (Phi) is 4.48. The molecular weight excluding hydrogens is 306 g/mol. The van der Waals surface area contributed by atoms with Crippen molar-refractivity contribution in [2.24, 2.45) is 0 Å².